The quantitative estimate of drug-likeness (QED) is 0.508. The molecule has 2 aromatic rings. The maximum atomic E-state index is 12.1. The van der Waals surface area contributed by atoms with E-state index in [1.165, 1.54) is 17.1 Å². The van der Waals surface area contributed by atoms with E-state index in [1.54, 1.807) is 7.05 Å². The van der Waals surface area contributed by atoms with Crippen LogP contribution in [0.15, 0.2) is 48.5 Å². The summed E-state index contributed by atoms with van der Waals surface area (Å²) in [5, 5.41) is 12.4. The minimum absolute atomic E-state index is 0.0213. The first kappa shape index (κ1) is 14.3. The second-order valence-electron chi connectivity index (χ2n) is 4.37. The van der Waals surface area contributed by atoms with Gasteiger partial charge in [0.25, 0.3) is 11.6 Å². The van der Waals surface area contributed by atoms with Gasteiger partial charge in [-0.25, -0.2) is 0 Å². The highest BCUT2D eigenvalue weighted by molar-refractivity contribution is 5.96. The maximum Gasteiger partial charge on any atom is 0.292 e. The third-order valence-corrected chi connectivity index (χ3v) is 2.90. The lowest BCUT2D eigenvalue weighted by molar-refractivity contribution is -0.383. The molecule has 7 heteroatoms. The second kappa shape index (κ2) is 5.91. The lowest BCUT2D eigenvalue weighted by Crippen LogP contribution is -2.39. The molecule has 7 nitrogen and oxygen atoms in total. The Morgan fingerprint density at radius 2 is 1.90 bits per heavy atom. The van der Waals surface area contributed by atoms with Gasteiger partial charge in [0.2, 0.25) is 0 Å². The summed E-state index contributed by atoms with van der Waals surface area (Å²) in [6.45, 7) is 0. The van der Waals surface area contributed by atoms with E-state index in [2.05, 4.69) is 5.43 Å². The summed E-state index contributed by atoms with van der Waals surface area (Å²) in [6, 6.07) is 13.1. The van der Waals surface area contributed by atoms with Gasteiger partial charge in [0.1, 0.15) is 5.69 Å². The van der Waals surface area contributed by atoms with Crippen LogP contribution in [-0.2, 0) is 0 Å². The number of para-hydroxylation sites is 1. The van der Waals surface area contributed by atoms with Gasteiger partial charge < -0.3 is 5.73 Å². The summed E-state index contributed by atoms with van der Waals surface area (Å²) in [5.41, 5.74) is 8.82. The Bertz CT molecular complexity index is 673. The van der Waals surface area contributed by atoms with Crippen LogP contribution in [0.1, 0.15) is 10.4 Å². The van der Waals surface area contributed by atoms with Crippen molar-refractivity contribution in [3.8, 4) is 0 Å². The fraction of sp³-hybridized carbons (Fsp3) is 0.0714. The van der Waals surface area contributed by atoms with Crippen molar-refractivity contribution in [2.24, 2.45) is 0 Å². The number of nitrogens with zero attached hydrogens (tertiary/aromatic N) is 2. The van der Waals surface area contributed by atoms with Crippen LogP contribution in [0, 0.1) is 10.1 Å². The van der Waals surface area contributed by atoms with E-state index >= 15 is 0 Å². The first-order valence-corrected chi connectivity index (χ1v) is 6.12. The zero-order chi connectivity index (χ0) is 15.4. The first-order chi connectivity index (χ1) is 9.99. The molecule has 1 amide bonds. The molecule has 2 aromatic carbocycles. The highest BCUT2D eigenvalue weighted by atomic mass is 16.6. The number of rotatable bonds is 4. The number of nitro benzene ring substituents is 1. The first-order valence-electron chi connectivity index (χ1n) is 6.12. The van der Waals surface area contributed by atoms with Gasteiger partial charge >= 0.3 is 0 Å². The van der Waals surface area contributed by atoms with E-state index in [1.807, 2.05) is 30.3 Å². The SMILES string of the molecule is CN(NC(=O)c1ccc(N)c([N+](=O)[O-])c1)c1ccccc1. The highest BCUT2D eigenvalue weighted by Gasteiger charge is 2.16. The third kappa shape index (κ3) is 3.27. The third-order valence-electron chi connectivity index (χ3n) is 2.90. The molecule has 0 unspecified atom stereocenters. The molecule has 108 valence electrons. The molecule has 0 aromatic heterocycles. The highest BCUT2D eigenvalue weighted by Crippen LogP contribution is 2.22. The molecule has 2 rings (SSSR count). The second-order valence-corrected chi connectivity index (χ2v) is 4.37. The number of amides is 1. The van der Waals surface area contributed by atoms with E-state index in [4.69, 9.17) is 5.73 Å². The van der Waals surface area contributed by atoms with E-state index in [0.29, 0.717) is 0 Å². The number of hydrazine groups is 1. The van der Waals surface area contributed by atoms with E-state index in [9.17, 15) is 14.9 Å². The van der Waals surface area contributed by atoms with Crippen molar-refractivity contribution >= 4 is 23.0 Å². The Balaban J connectivity index is 2.17. The number of carbonyl (C=O) groups excluding carboxylic acids is 1. The minimum Gasteiger partial charge on any atom is -0.393 e. The van der Waals surface area contributed by atoms with Crippen molar-refractivity contribution < 1.29 is 9.72 Å². The molecule has 0 atom stereocenters. The Morgan fingerprint density at radius 3 is 2.52 bits per heavy atom. The summed E-state index contributed by atoms with van der Waals surface area (Å²) < 4.78 is 0. The lowest BCUT2D eigenvalue weighted by atomic mass is 10.1. The number of benzene rings is 2. The van der Waals surface area contributed by atoms with E-state index < -0.39 is 10.8 Å². The molecule has 0 radical (unpaired) electrons. The van der Waals surface area contributed by atoms with Crippen LogP contribution >= 0.6 is 0 Å². The molecule has 0 fully saturated rings. The molecule has 0 aliphatic heterocycles. The van der Waals surface area contributed by atoms with Gasteiger partial charge in [-0.1, -0.05) is 18.2 Å². The van der Waals surface area contributed by atoms with Crippen LogP contribution in [0.4, 0.5) is 17.1 Å². The van der Waals surface area contributed by atoms with Crippen LogP contribution in [0.25, 0.3) is 0 Å². The zero-order valence-corrected chi connectivity index (χ0v) is 11.3. The average molecular weight is 286 g/mol. The number of anilines is 2. The lowest BCUT2D eigenvalue weighted by Gasteiger charge is -2.20. The molecule has 0 aliphatic rings. The molecule has 0 saturated carbocycles. The van der Waals surface area contributed by atoms with Crippen LogP contribution < -0.4 is 16.2 Å². The Labute approximate surface area is 121 Å². The predicted octanol–water partition coefficient (Wildman–Crippen LogP) is 1.96. The van der Waals surface area contributed by atoms with Gasteiger partial charge in [0.05, 0.1) is 10.6 Å². The minimum atomic E-state index is -0.618. The number of nitrogens with one attached hydrogen (secondary N) is 1. The number of nitrogens with two attached hydrogens (primary N) is 1. The van der Waals surface area contributed by atoms with Gasteiger partial charge in [0, 0.05) is 18.7 Å². The summed E-state index contributed by atoms with van der Waals surface area (Å²) in [7, 11) is 1.68. The number of nitrogen functional groups attached to an aromatic ring is 1. The molecular weight excluding hydrogens is 272 g/mol. The molecule has 0 spiro atoms. The van der Waals surface area contributed by atoms with Gasteiger partial charge in [-0.2, -0.15) is 0 Å². The Morgan fingerprint density at radius 1 is 1.24 bits per heavy atom. The normalized spacial score (nSPS) is 9.95. The standard InChI is InChI=1S/C14H14N4O3/c1-17(11-5-3-2-4-6-11)16-14(19)10-7-8-12(15)13(9-10)18(20)21/h2-9H,15H2,1H3,(H,16,19). The van der Waals surface area contributed by atoms with Crippen molar-refractivity contribution in [2.45, 2.75) is 0 Å². The van der Waals surface area contributed by atoms with Gasteiger partial charge in [-0.3, -0.25) is 25.3 Å². The summed E-state index contributed by atoms with van der Waals surface area (Å²) in [5.74, 6) is -0.454. The largest absolute Gasteiger partial charge is 0.393 e. The van der Waals surface area contributed by atoms with Crippen molar-refractivity contribution in [2.75, 3.05) is 17.8 Å². The van der Waals surface area contributed by atoms with Gasteiger partial charge in [-0.15, -0.1) is 0 Å². The topological polar surface area (TPSA) is 102 Å². The Kier molecular flexibility index (Phi) is 4.03. The molecule has 0 heterocycles. The zero-order valence-electron chi connectivity index (χ0n) is 11.3. The Hall–Kier alpha value is -3.09. The summed E-state index contributed by atoms with van der Waals surface area (Å²) in [6.07, 6.45) is 0. The number of hydrogen-bond donors (Lipinski definition) is 2. The molecule has 0 saturated heterocycles. The van der Waals surface area contributed by atoms with Gasteiger partial charge in [0.15, 0.2) is 0 Å². The molecular formula is C14H14N4O3. The van der Waals surface area contributed by atoms with Crippen molar-refractivity contribution in [3.63, 3.8) is 0 Å². The van der Waals surface area contributed by atoms with Crippen molar-refractivity contribution in [3.05, 3.63) is 64.2 Å². The molecule has 0 aliphatic carbocycles. The van der Waals surface area contributed by atoms with Crippen LogP contribution in [0.5, 0.6) is 0 Å². The smallest absolute Gasteiger partial charge is 0.292 e. The average Bonchev–Trinajstić information content (AvgIpc) is 2.48. The van der Waals surface area contributed by atoms with Crippen LogP contribution in [0.3, 0.4) is 0 Å². The van der Waals surface area contributed by atoms with Crippen molar-refractivity contribution in [1.82, 2.24) is 5.43 Å². The van der Waals surface area contributed by atoms with Crippen molar-refractivity contribution in [1.29, 1.82) is 0 Å². The molecule has 3 N–H and O–H groups in total. The number of carbonyl (C=O) groups is 1. The predicted molar refractivity (Wildman–Crippen MR) is 79.8 cm³/mol. The monoisotopic (exact) mass is 286 g/mol. The fourth-order valence-electron chi connectivity index (χ4n) is 1.78. The van der Waals surface area contributed by atoms with E-state index in [-0.39, 0.29) is 16.9 Å². The number of hydrogen-bond acceptors (Lipinski definition) is 5. The maximum absolute atomic E-state index is 12.1. The molecule has 0 bridgehead atoms. The molecule has 21 heavy (non-hydrogen) atoms. The van der Waals surface area contributed by atoms with Crippen LogP contribution in [0.2, 0.25) is 0 Å². The fourth-order valence-corrected chi connectivity index (χ4v) is 1.78. The van der Waals surface area contributed by atoms with Crippen LogP contribution in [-0.4, -0.2) is 17.9 Å². The van der Waals surface area contributed by atoms with E-state index in [0.717, 1.165) is 11.8 Å². The van der Waals surface area contributed by atoms with Gasteiger partial charge in [-0.05, 0) is 24.3 Å². The summed E-state index contributed by atoms with van der Waals surface area (Å²) >= 11 is 0. The summed E-state index contributed by atoms with van der Waals surface area (Å²) in [4.78, 5) is 22.3. The number of nitro groups is 1.